The Bertz CT molecular complexity index is 628. The van der Waals surface area contributed by atoms with Gasteiger partial charge in [-0.3, -0.25) is 4.99 Å². The molecule has 0 saturated carbocycles. The maximum atomic E-state index is 5.17. The molecule has 0 N–H and O–H groups in total. The van der Waals surface area contributed by atoms with E-state index >= 15 is 0 Å². The van der Waals surface area contributed by atoms with Gasteiger partial charge in [0, 0.05) is 6.21 Å². The van der Waals surface area contributed by atoms with Crippen molar-refractivity contribution in [3.05, 3.63) is 59.7 Å². The van der Waals surface area contributed by atoms with Gasteiger partial charge in [-0.15, -0.1) is 0 Å². The van der Waals surface area contributed by atoms with E-state index in [4.69, 9.17) is 4.74 Å². The van der Waals surface area contributed by atoms with E-state index in [1.807, 2.05) is 30.5 Å². The van der Waals surface area contributed by atoms with Gasteiger partial charge in [-0.25, -0.2) is 0 Å². The zero-order chi connectivity index (χ0) is 18.5. The van der Waals surface area contributed by atoms with E-state index in [1.165, 1.54) is 63.4 Å². The van der Waals surface area contributed by atoms with Crippen LogP contribution >= 0.6 is 0 Å². The van der Waals surface area contributed by atoms with Crippen LogP contribution in [0.25, 0.3) is 0 Å². The van der Waals surface area contributed by atoms with Gasteiger partial charge < -0.3 is 4.74 Å². The molecule has 0 saturated heterocycles. The highest BCUT2D eigenvalue weighted by Gasteiger charge is 1.96. The van der Waals surface area contributed by atoms with Crippen molar-refractivity contribution < 1.29 is 4.74 Å². The number of unbranched alkanes of at least 4 members (excludes halogenated alkanes) is 7. The highest BCUT2D eigenvalue weighted by Crippen LogP contribution is 2.17. The summed E-state index contributed by atoms with van der Waals surface area (Å²) in [6, 6.07) is 16.6. The summed E-state index contributed by atoms with van der Waals surface area (Å²) in [6.45, 7) is 2.27. The zero-order valence-electron chi connectivity index (χ0n) is 16.4. The highest BCUT2D eigenvalue weighted by atomic mass is 16.5. The predicted octanol–water partition coefficient (Wildman–Crippen LogP) is 7.13. The Kier molecular flexibility index (Phi) is 9.56. The fraction of sp³-hybridized carbons (Fsp3) is 0.458. The maximum absolute atomic E-state index is 5.17. The second-order valence-electron chi connectivity index (χ2n) is 6.92. The molecule has 0 aliphatic heterocycles. The molecule has 0 spiro atoms. The molecule has 2 heteroatoms. The van der Waals surface area contributed by atoms with Gasteiger partial charge in [0.15, 0.2) is 0 Å². The Labute approximate surface area is 159 Å². The number of nitrogens with zero attached hydrogens (tertiary/aromatic N) is 1. The Hall–Kier alpha value is -2.09. The zero-order valence-corrected chi connectivity index (χ0v) is 16.4. The van der Waals surface area contributed by atoms with Crippen molar-refractivity contribution in [1.29, 1.82) is 0 Å². The third-order valence-corrected chi connectivity index (χ3v) is 4.73. The van der Waals surface area contributed by atoms with Crippen LogP contribution in [-0.2, 0) is 6.42 Å². The molecule has 0 heterocycles. The van der Waals surface area contributed by atoms with Crippen LogP contribution in [0, 0.1) is 0 Å². The largest absolute Gasteiger partial charge is 0.497 e. The van der Waals surface area contributed by atoms with Crippen molar-refractivity contribution in [2.45, 2.75) is 64.7 Å². The van der Waals surface area contributed by atoms with E-state index in [2.05, 4.69) is 36.2 Å². The van der Waals surface area contributed by atoms with E-state index in [0.717, 1.165) is 17.0 Å². The lowest BCUT2D eigenvalue weighted by molar-refractivity contribution is 0.415. The number of rotatable bonds is 12. The first-order valence-electron chi connectivity index (χ1n) is 10.1. The SMILES string of the molecule is CCCCCCCCCCc1ccc(/N=C/c2ccc(OC)cc2)cc1. The molecule has 2 aromatic carbocycles. The lowest BCUT2D eigenvalue weighted by Crippen LogP contribution is -1.86. The molecule has 2 rings (SSSR count). The average molecular weight is 352 g/mol. The average Bonchev–Trinajstić information content (AvgIpc) is 2.69. The van der Waals surface area contributed by atoms with Crippen molar-refractivity contribution in [3.8, 4) is 5.75 Å². The minimum Gasteiger partial charge on any atom is -0.497 e. The quantitative estimate of drug-likeness (QED) is 0.294. The molecule has 0 unspecified atom stereocenters. The smallest absolute Gasteiger partial charge is 0.118 e. The maximum Gasteiger partial charge on any atom is 0.118 e. The molecule has 0 aliphatic carbocycles. The summed E-state index contributed by atoms with van der Waals surface area (Å²) >= 11 is 0. The molecule has 0 aliphatic rings. The summed E-state index contributed by atoms with van der Waals surface area (Å²) in [5, 5.41) is 0. The van der Waals surface area contributed by atoms with Crippen LogP contribution in [0.5, 0.6) is 5.75 Å². The summed E-state index contributed by atoms with van der Waals surface area (Å²) in [4.78, 5) is 4.55. The third-order valence-electron chi connectivity index (χ3n) is 4.73. The molecule has 0 amide bonds. The Morgan fingerprint density at radius 2 is 1.38 bits per heavy atom. The molecule has 2 nitrogen and oxygen atoms in total. The fourth-order valence-corrected chi connectivity index (χ4v) is 3.05. The van der Waals surface area contributed by atoms with E-state index in [0.29, 0.717) is 0 Å². The normalized spacial score (nSPS) is 11.2. The van der Waals surface area contributed by atoms with E-state index < -0.39 is 0 Å². The Balaban J connectivity index is 1.68. The lowest BCUT2D eigenvalue weighted by atomic mass is 10.0. The van der Waals surface area contributed by atoms with Gasteiger partial charge in [0.25, 0.3) is 0 Å². The van der Waals surface area contributed by atoms with Gasteiger partial charge in [0.05, 0.1) is 12.8 Å². The summed E-state index contributed by atoms with van der Waals surface area (Å²) in [6.07, 6.45) is 14.1. The Morgan fingerprint density at radius 3 is 2.00 bits per heavy atom. The first-order valence-corrected chi connectivity index (χ1v) is 10.1. The van der Waals surface area contributed by atoms with Crippen molar-refractivity contribution in [3.63, 3.8) is 0 Å². The van der Waals surface area contributed by atoms with Crippen LogP contribution < -0.4 is 4.74 Å². The van der Waals surface area contributed by atoms with Crippen LogP contribution in [0.1, 0.15) is 69.4 Å². The topological polar surface area (TPSA) is 21.6 Å². The summed E-state index contributed by atoms with van der Waals surface area (Å²) < 4.78 is 5.17. The van der Waals surface area contributed by atoms with E-state index in [9.17, 15) is 0 Å². The molecule has 0 radical (unpaired) electrons. The standard InChI is InChI=1S/C24H33NO/c1-3-4-5-6-7-8-9-10-11-21-12-16-23(17-13-21)25-20-22-14-18-24(26-2)19-15-22/h12-20H,3-11H2,1-2H3/b25-20+. The minimum atomic E-state index is 0.868. The van der Waals surface area contributed by atoms with Gasteiger partial charge in [-0.2, -0.15) is 0 Å². The fourth-order valence-electron chi connectivity index (χ4n) is 3.05. The van der Waals surface area contributed by atoms with Crippen LogP contribution in [0.2, 0.25) is 0 Å². The number of hydrogen-bond acceptors (Lipinski definition) is 2. The first kappa shape index (κ1) is 20.2. The number of hydrogen-bond donors (Lipinski definition) is 0. The van der Waals surface area contributed by atoms with Crippen molar-refractivity contribution in [2.24, 2.45) is 4.99 Å². The second kappa shape index (κ2) is 12.3. The predicted molar refractivity (Wildman–Crippen MR) is 113 cm³/mol. The van der Waals surface area contributed by atoms with Crippen LogP contribution in [0.15, 0.2) is 53.5 Å². The van der Waals surface area contributed by atoms with Gasteiger partial charge >= 0.3 is 0 Å². The molecule has 0 aromatic heterocycles. The molecule has 0 atom stereocenters. The number of aliphatic imine (C=N–C) groups is 1. The Morgan fingerprint density at radius 1 is 0.769 bits per heavy atom. The van der Waals surface area contributed by atoms with Gasteiger partial charge in [0.2, 0.25) is 0 Å². The van der Waals surface area contributed by atoms with Gasteiger partial charge in [-0.05, 0) is 60.4 Å². The van der Waals surface area contributed by atoms with Crippen LogP contribution in [-0.4, -0.2) is 13.3 Å². The molecule has 140 valence electrons. The van der Waals surface area contributed by atoms with E-state index in [-0.39, 0.29) is 0 Å². The monoisotopic (exact) mass is 351 g/mol. The second-order valence-corrected chi connectivity index (χ2v) is 6.92. The molecule has 2 aromatic rings. The first-order chi connectivity index (χ1) is 12.8. The van der Waals surface area contributed by atoms with Gasteiger partial charge in [-0.1, -0.05) is 64.0 Å². The molecular formula is C24H33NO. The number of methoxy groups -OCH3 is 1. The molecule has 0 bridgehead atoms. The highest BCUT2D eigenvalue weighted by molar-refractivity contribution is 5.82. The van der Waals surface area contributed by atoms with Crippen molar-refractivity contribution in [1.82, 2.24) is 0 Å². The number of aryl methyl sites for hydroxylation is 1. The molecule has 0 fully saturated rings. The van der Waals surface area contributed by atoms with E-state index in [1.54, 1.807) is 7.11 Å². The summed E-state index contributed by atoms with van der Waals surface area (Å²) in [7, 11) is 1.68. The molecule has 26 heavy (non-hydrogen) atoms. The number of ether oxygens (including phenoxy) is 1. The lowest BCUT2D eigenvalue weighted by Gasteiger charge is -2.03. The number of benzene rings is 2. The minimum absolute atomic E-state index is 0.868. The molecular weight excluding hydrogens is 318 g/mol. The summed E-state index contributed by atoms with van der Waals surface area (Å²) in [5.74, 6) is 0.868. The van der Waals surface area contributed by atoms with Gasteiger partial charge in [0.1, 0.15) is 5.75 Å². The third kappa shape index (κ3) is 7.86. The van der Waals surface area contributed by atoms with Crippen LogP contribution in [0.4, 0.5) is 5.69 Å². The summed E-state index contributed by atoms with van der Waals surface area (Å²) in [5.41, 5.74) is 3.49. The van der Waals surface area contributed by atoms with Crippen molar-refractivity contribution >= 4 is 11.9 Å². The van der Waals surface area contributed by atoms with Crippen molar-refractivity contribution in [2.75, 3.05) is 7.11 Å². The van der Waals surface area contributed by atoms with Crippen LogP contribution in [0.3, 0.4) is 0 Å².